The molecule has 38 heavy (non-hydrogen) atoms. The van der Waals surface area contributed by atoms with E-state index in [-0.39, 0.29) is 35.2 Å². The van der Waals surface area contributed by atoms with E-state index in [1.807, 2.05) is 49.9 Å². The van der Waals surface area contributed by atoms with Gasteiger partial charge < -0.3 is 18.8 Å². The summed E-state index contributed by atoms with van der Waals surface area (Å²) in [4.78, 5) is 43.6. The van der Waals surface area contributed by atoms with E-state index in [1.54, 1.807) is 9.80 Å². The zero-order chi connectivity index (χ0) is 28.5. The van der Waals surface area contributed by atoms with Crippen molar-refractivity contribution in [2.24, 2.45) is 0 Å². The third-order valence-corrected chi connectivity index (χ3v) is 12.3. The Morgan fingerprint density at radius 1 is 1.03 bits per heavy atom. The standard InChI is InChI=1S/C28H45N3O6Si/c1-27(2,3)37-26(34)30-17-16-29-22(23(30)19-36-38(8,9)28(4,5)6)18-31(25(29)33)21-13-10-20(11-14-21)12-15-24(32)35-7/h10-11,13-14,22-23H,12,15-19H2,1-9H3. The molecule has 3 amide bonds. The summed E-state index contributed by atoms with van der Waals surface area (Å²) in [6.07, 6.45) is 0.514. The SMILES string of the molecule is COC(=O)CCc1ccc(N2CC3C(CO[Si](C)(C)C(C)(C)C)N(C(=O)OC(C)(C)C)CCN3C2=O)cc1. The van der Waals surface area contributed by atoms with Gasteiger partial charge in [0.2, 0.25) is 0 Å². The van der Waals surface area contributed by atoms with E-state index >= 15 is 0 Å². The number of amides is 3. The van der Waals surface area contributed by atoms with Gasteiger partial charge in [-0.3, -0.25) is 14.6 Å². The molecule has 2 fully saturated rings. The third kappa shape index (κ3) is 6.88. The largest absolute Gasteiger partial charge is 0.469 e. The van der Waals surface area contributed by atoms with Crippen molar-refractivity contribution in [3.63, 3.8) is 0 Å². The molecule has 1 aromatic rings. The normalized spacial score (nSPS) is 20.4. The van der Waals surface area contributed by atoms with Crippen LogP contribution in [0.3, 0.4) is 0 Å². The third-order valence-electron chi connectivity index (χ3n) is 7.82. The van der Waals surface area contributed by atoms with Gasteiger partial charge in [-0.05, 0) is 63.0 Å². The van der Waals surface area contributed by atoms with Crippen molar-refractivity contribution in [1.29, 1.82) is 0 Å². The summed E-state index contributed by atoms with van der Waals surface area (Å²) < 4.78 is 17.1. The van der Waals surface area contributed by atoms with Gasteiger partial charge in [0.1, 0.15) is 5.60 Å². The second kappa shape index (κ2) is 11.3. The molecule has 2 unspecified atom stereocenters. The zero-order valence-corrected chi connectivity index (χ0v) is 25.5. The van der Waals surface area contributed by atoms with Crippen molar-refractivity contribution < 1.29 is 28.3 Å². The number of ether oxygens (including phenoxy) is 2. The molecule has 0 N–H and O–H groups in total. The number of carbonyl (C=O) groups is 3. The van der Waals surface area contributed by atoms with Gasteiger partial charge in [-0.25, -0.2) is 9.59 Å². The molecule has 10 heteroatoms. The first-order valence-corrected chi connectivity index (χ1v) is 16.3. The number of aryl methyl sites for hydroxylation is 1. The molecule has 0 aliphatic carbocycles. The Kier molecular flexibility index (Phi) is 8.87. The van der Waals surface area contributed by atoms with E-state index < -0.39 is 13.9 Å². The predicted molar refractivity (Wildman–Crippen MR) is 150 cm³/mol. The van der Waals surface area contributed by atoms with Gasteiger partial charge in [0, 0.05) is 25.2 Å². The molecule has 0 aromatic heterocycles. The molecule has 2 aliphatic heterocycles. The molecule has 9 nitrogen and oxygen atoms in total. The summed E-state index contributed by atoms with van der Waals surface area (Å²) in [5, 5.41) is 0.0191. The van der Waals surface area contributed by atoms with Crippen molar-refractivity contribution in [3.8, 4) is 0 Å². The zero-order valence-electron chi connectivity index (χ0n) is 24.5. The Hall–Kier alpha value is -2.59. The van der Waals surface area contributed by atoms with Crippen LogP contribution in [0.25, 0.3) is 0 Å². The number of rotatable bonds is 7. The Balaban J connectivity index is 1.82. The quantitative estimate of drug-likeness (QED) is 0.351. The van der Waals surface area contributed by atoms with Crippen LogP contribution in [0.5, 0.6) is 0 Å². The van der Waals surface area contributed by atoms with Crippen LogP contribution >= 0.6 is 0 Å². The van der Waals surface area contributed by atoms with Gasteiger partial charge in [0.15, 0.2) is 8.32 Å². The molecule has 0 bridgehead atoms. The number of urea groups is 1. The van der Waals surface area contributed by atoms with Gasteiger partial charge in [0.25, 0.3) is 0 Å². The molecule has 2 saturated heterocycles. The van der Waals surface area contributed by atoms with Crippen molar-refractivity contribution in [1.82, 2.24) is 9.80 Å². The maximum Gasteiger partial charge on any atom is 0.410 e. The van der Waals surface area contributed by atoms with E-state index in [0.29, 0.717) is 39.1 Å². The molecule has 0 spiro atoms. The highest BCUT2D eigenvalue weighted by atomic mass is 28.4. The molecule has 2 heterocycles. The molecule has 0 saturated carbocycles. The van der Waals surface area contributed by atoms with E-state index in [4.69, 9.17) is 13.9 Å². The van der Waals surface area contributed by atoms with E-state index in [0.717, 1.165) is 11.3 Å². The Morgan fingerprint density at radius 3 is 2.21 bits per heavy atom. The summed E-state index contributed by atoms with van der Waals surface area (Å²) in [5.74, 6) is -0.249. The molecule has 2 atom stereocenters. The molecule has 1 aromatic carbocycles. The van der Waals surface area contributed by atoms with Crippen molar-refractivity contribution in [2.75, 3.05) is 38.3 Å². The fourth-order valence-corrected chi connectivity index (χ4v) is 5.53. The van der Waals surface area contributed by atoms with Crippen molar-refractivity contribution >= 4 is 32.1 Å². The van der Waals surface area contributed by atoms with Crippen molar-refractivity contribution in [3.05, 3.63) is 29.8 Å². The van der Waals surface area contributed by atoms with Gasteiger partial charge in [-0.1, -0.05) is 32.9 Å². The van der Waals surface area contributed by atoms with Crippen LogP contribution in [-0.4, -0.2) is 87.2 Å². The summed E-state index contributed by atoms with van der Waals surface area (Å²) in [6.45, 7) is 18.2. The van der Waals surface area contributed by atoms with E-state index in [2.05, 4.69) is 33.9 Å². The van der Waals surface area contributed by atoms with Gasteiger partial charge in [-0.2, -0.15) is 0 Å². The smallest absolute Gasteiger partial charge is 0.410 e. The maximum atomic E-state index is 13.5. The van der Waals surface area contributed by atoms with Crippen LogP contribution in [0.15, 0.2) is 24.3 Å². The van der Waals surface area contributed by atoms with Crippen LogP contribution in [0, 0.1) is 0 Å². The monoisotopic (exact) mass is 547 g/mol. The fourth-order valence-electron chi connectivity index (χ4n) is 4.51. The maximum absolute atomic E-state index is 13.5. The molecular weight excluding hydrogens is 502 g/mol. The van der Waals surface area contributed by atoms with Gasteiger partial charge >= 0.3 is 18.1 Å². The molecule has 212 valence electrons. The lowest BCUT2D eigenvalue weighted by Crippen LogP contribution is -2.63. The highest BCUT2D eigenvalue weighted by Crippen LogP contribution is 2.38. The number of methoxy groups -OCH3 is 1. The number of esters is 1. The average molecular weight is 548 g/mol. The predicted octanol–water partition coefficient (Wildman–Crippen LogP) is 5.04. The van der Waals surface area contributed by atoms with Crippen LogP contribution in [0.2, 0.25) is 18.1 Å². The molecule has 3 rings (SSSR count). The van der Waals surface area contributed by atoms with E-state index in [1.165, 1.54) is 7.11 Å². The number of piperazine rings is 1. The van der Waals surface area contributed by atoms with Crippen LogP contribution in [-0.2, 0) is 25.1 Å². The Morgan fingerprint density at radius 2 is 1.66 bits per heavy atom. The minimum absolute atomic E-state index is 0.0191. The number of benzene rings is 1. The highest BCUT2D eigenvalue weighted by molar-refractivity contribution is 6.74. The Bertz CT molecular complexity index is 1010. The lowest BCUT2D eigenvalue weighted by Gasteiger charge is -2.45. The van der Waals surface area contributed by atoms with Crippen LogP contribution < -0.4 is 4.90 Å². The minimum Gasteiger partial charge on any atom is -0.469 e. The van der Waals surface area contributed by atoms with E-state index in [9.17, 15) is 14.4 Å². The molecular formula is C28H45N3O6Si. The highest BCUT2D eigenvalue weighted by Gasteiger charge is 2.50. The first-order chi connectivity index (χ1) is 17.5. The summed E-state index contributed by atoms with van der Waals surface area (Å²) in [6, 6.07) is 7.10. The average Bonchev–Trinajstić information content (AvgIpc) is 3.16. The lowest BCUT2D eigenvalue weighted by atomic mass is 10.0. The molecule has 0 radical (unpaired) electrons. The summed E-state index contributed by atoms with van der Waals surface area (Å²) in [7, 11) is -0.713. The second-order valence-corrected chi connectivity index (χ2v) is 17.5. The fraction of sp³-hybridized carbons (Fsp3) is 0.679. The number of carbonyl (C=O) groups excluding carboxylic acids is 3. The van der Waals surface area contributed by atoms with Crippen LogP contribution in [0.1, 0.15) is 53.5 Å². The Labute approximate surface area is 228 Å². The number of anilines is 1. The molecule has 2 aliphatic rings. The first-order valence-electron chi connectivity index (χ1n) is 13.4. The number of hydrogen-bond acceptors (Lipinski definition) is 6. The van der Waals surface area contributed by atoms with Crippen LogP contribution in [0.4, 0.5) is 15.3 Å². The topological polar surface area (TPSA) is 88.6 Å². The number of hydrogen-bond donors (Lipinski definition) is 0. The summed E-state index contributed by atoms with van der Waals surface area (Å²) in [5.41, 5.74) is 1.17. The lowest BCUT2D eigenvalue weighted by molar-refractivity contribution is -0.140. The second-order valence-electron chi connectivity index (χ2n) is 12.7. The first kappa shape index (κ1) is 30.0. The number of fused-ring (bicyclic) bond motifs is 1. The van der Waals surface area contributed by atoms with Gasteiger partial charge in [-0.15, -0.1) is 0 Å². The van der Waals surface area contributed by atoms with Crippen molar-refractivity contribution in [2.45, 2.75) is 90.2 Å². The number of nitrogens with zero attached hydrogens (tertiary/aromatic N) is 3. The minimum atomic E-state index is -2.10. The summed E-state index contributed by atoms with van der Waals surface area (Å²) >= 11 is 0. The van der Waals surface area contributed by atoms with Gasteiger partial charge in [0.05, 0.1) is 32.3 Å².